The molecule has 2 N–H and O–H groups in total. The first-order valence-corrected chi connectivity index (χ1v) is 9.16. The van der Waals surface area contributed by atoms with E-state index in [2.05, 4.69) is 26.4 Å². The van der Waals surface area contributed by atoms with E-state index in [1.54, 1.807) is 26.3 Å². The number of ether oxygens (including phenoxy) is 3. The van der Waals surface area contributed by atoms with Crippen molar-refractivity contribution in [1.29, 1.82) is 0 Å². The number of benzene rings is 2. The first-order chi connectivity index (χ1) is 14.0. The van der Waals surface area contributed by atoms with Crippen molar-refractivity contribution in [1.82, 2.24) is 10.6 Å². The molecule has 2 aromatic rings. The molecule has 9 heteroatoms. The predicted octanol–water partition coefficient (Wildman–Crippen LogP) is 4.14. The molecule has 0 aliphatic rings. The summed E-state index contributed by atoms with van der Waals surface area (Å²) < 4.78 is 40.4. The van der Waals surface area contributed by atoms with E-state index >= 15 is 0 Å². The Hall–Kier alpha value is -2.30. The molecule has 0 aliphatic heterocycles. The van der Waals surface area contributed by atoms with Crippen molar-refractivity contribution in [2.75, 3.05) is 27.8 Å². The Morgan fingerprint density at radius 3 is 2.37 bits per heavy atom. The maximum Gasteiger partial charge on any atom is 0.387 e. The molecule has 0 bridgehead atoms. The molecule has 0 aromatic heterocycles. The van der Waals surface area contributed by atoms with Crippen molar-refractivity contribution in [3.63, 3.8) is 0 Å². The van der Waals surface area contributed by atoms with Crippen LogP contribution in [0.4, 0.5) is 8.78 Å². The molecule has 2 aromatic carbocycles. The Bertz CT molecular complexity index is 835. The maximum atomic E-state index is 12.6. The lowest BCUT2D eigenvalue weighted by Crippen LogP contribution is -2.38. The first-order valence-electron chi connectivity index (χ1n) is 9.16. The van der Waals surface area contributed by atoms with Crippen LogP contribution in [0.3, 0.4) is 0 Å². The zero-order chi connectivity index (χ0) is 21.2. The van der Waals surface area contributed by atoms with Gasteiger partial charge >= 0.3 is 6.61 Å². The molecule has 30 heavy (non-hydrogen) atoms. The quantitative estimate of drug-likeness (QED) is 0.287. The minimum Gasteiger partial charge on any atom is -0.497 e. The highest BCUT2D eigenvalue weighted by atomic mass is 127. The van der Waals surface area contributed by atoms with Crippen molar-refractivity contribution in [3.05, 3.63) is 53.1 Å². The minimum atomic E-state index is -2.90. The monoisotopic (exact) mass is 535 g/mol. The molecule has 0 saturated heterocycles. The summed E-state index contributed by atoms with van der Waals surface area (Å²) in [5.41, 5.74) is 2.79. The fourth-order valence-electron chi connectivity index (χ4n) is 2.85. The van der Waals surface area contributed by atoms with Crippen LogP contribution in [-0.2, 0) is 13.0 Å². The Morgan fingerprint density at radius 1 is 1.00 bits per heavy atom. The summed E-state index contributed by atoms with van der Waals surface area (Å²) in [5.74, 6) is 2.03. The van der Waals surface area contributed by atoms with Gasteiger partial charge in [0, 0.05) is 25.7 Å². The van der Waals surface area contributed by atoms with E-state index in [0.717, 1.165) is 23.3 Å². The maximum absolute atomic E-state index is 12.6. The van der Waals surface area contributed by atoms with Crippen LogP contribution in [0, 0.1) is 6.92 Å². The zero-order valence-electron chi connectivity index (χ0n) is 17.5. The van der Waals surface area contributed by atoms with Gasteiger partial charge in [0.2, 0.25) is 0 Å². The number of alkyl halides is 2. The average Bonchev–Trinajstić information content (AvgIpc) is 2.71. The van der Waals surface area contributed by atoms with Gasteiger partial charge in [-0.15, -0.1) is 24.0 Å². The molecule has 0 amide bonds. The summed E-state index contributed by atoms with van der Waals surface area (Å²) in [4.78, 5) is 4.17. The lowest BCUT2D eigenvalue weighted by Gasteiger charge is -2.16. The van der Waals surface area contributed by atoms with Gasteiger partial charge in [-0.05, 0) is 43.2 Å². The van der Waals surface area contributed by atoms with Gasteiger partial charge in [-0.1, -0.05) is 17.7 Å². The molecule has 0 atom stereocenters. The zero-order valence-corrected chi connectivity index (χ0v) is 19.8. The summed E-state index contributed by atoms with van der Waals surface area (Å²) in [5, 5.41) is 6.31. The van der Waals surface area contributed by atoms with E-state index in [0.29, 0.717) is 23.8 Å². The van der Waals surface area contributed by atoms with Gasteiger partial charge in [0.1, 0.15) is 17.2 Å². The van der Waals surface area contributed by atoms with Crippen LogP contribution in [-0.4, -0.2) is 40.4 Å². The normalized spacial score (nSPS) is 11.0. The molecule has 0 aliphatic carbocycles. The third kappa shape index (κ3) is 7.85. The average molecular weight is 535 g/mol. The Balaban J connectivity index is 0.00000450. The fraction of sp³-hybridized carbons (Fsp3) is 0.381. The van der Waals surface area contributed by atoms with Gasteiger partial charge in [-0.3, -0.25) is 4.99 Å². The number of halogens is 3. The molecular weight excluding hydrogens is 507 g/mol. The van der Waals surface area contributed by atoms with E-state index in [4.69, 9.17) is 9.47 Å². The van der Waals surface area contributed by atoms with E-state index in [9.17, 15) is 8.78 Å². The molecule has 0 unspecified atom stereocenters. The van der Waals surface area contributed by atoms with Crippen LogP contribution in [0.1, 0.15) is 16.7 Å². The summed E-state index contributed by atoms with van der Waals surface area (Å²) in [7, 11) is 4.81. The number of aliphatic imine (C=N–C) groups is 1. The predicted molar refractivity (Wildman–Crippen MR) is 125 cm³/mol. The number of methoxy groups -OCH3 is 2. The van der Waals surface area contributed by atoms with Crippen LogP contribution >= 0.6 is 24.0 Å². The molecular formula is C21H28F2IN3O3. The number of nitrogens with zero attached hydrogens (tertiary/aromatic N) is 1. The number of hydrogen-bond acceptors (Lipinski definition) is 4. The van der Waals surface area contributed by atoms with Gasteiger partial charge in [0.05, 0.1) is 14.2 Å². The summed E-state index contributed by atoms with van der Waals surface area (Å²) >= 11 is 0. The third-order valence-electron chi connectivity index (χ3n) is 4.28. The highest BCUT2D eigenvalue weighted by Gasteiger charge is 2.12. The molecule has 0 heterocycles. The van der Waals surface area contributed by atoms with Crippen LogP contribution < -0.4 is 24.8 Å². The molecule has 166 valence electrons. The largest absolute Gasteiger partial charge is 0.497 e. The standard InChI is InChI=1S/C21H27F2N3O3.HI/c1-14-5-7-18(28-4)15(11-14)9-10-25-21(24-2)26-13-16-12-17(27-3)6-8-19(16)29-20(22)23;/h5-8,11-12,20H,9-10,13H2,1-4H3,(H2,24,25,26);1H. The smallest absolute Gasteiger partial charge is 0.387 e. The number of hydrogen-bond donors (Lipinski definition) is 2. The second kappa shape index (κ2) is 13.1. The van der Waals surface area contributed by atoms with Gasteiger partial charge in [0.15, 0.2) is 5.96 Å². The molecule has 0 spiro atoms. The van der Waals surface area contributed by atoms with Gasteiger partial charge < -0.3 is 24.8 Å². The van der Waals surface area contributed by atoms with Crippen molar-refractivity contribution < 1.29 is 23.0 Å². The van der Waals surface area contributed by atoms with Crippen molar-refractivity contribution >= 4 is 29.9 Å². The second-order valence-corrected chi connectivity index (χ2v) is 6.27. The lowest BCUT2D eigenvalue weighted by atomic mass is 10.1. The van der Waals surface area contributed by atoms with Gasteiger partial charge in [-0.2, -0.15) is 8.78 Å². The number of guanidine groups is 1. The SMILES string of the molecule is CN=C(NCCc1cc(C)ccc1OC)NCc1cc(OC)ccc1OC(F)F.I. The Morgan fingerprint density at radius 2 is 1.73 bits per heavy atom. The number of rotatable bonds is 9. The Kier molecular flexibility index (Phi) is 11.2. The van der Waals surface area contributed by atoms with E-state index in [-0.39, 0.29) is 36.3 Å². The van der Waals surface area contributed by atoms with E-state index in [1.807, 2.05) is 19.1 Å². The summed E-state index contributed by atoms with van der Waals surface area (Å²) in [6.07, 6.45) is 0.741. The number of aryl methyl sites for hydroxylation is 1. The fourth-order valence-corrected chi connectivity index (χ4v) is 2.85. The second-order valence-electron chi connectivity index (χ2n) is 6.27. The highest BCUT2D eigenvalue weighted by molar-refractivity contribution is 14.0. The topological polar surface area (TPSA) is 64.1 Å². The van der Waals surface area contributed by atoms with Crippen LogP contribution in [0.15, 0.2) is 41.4 Å². The van der Waals surface area contributed by atoms with Crippen LogP contribution in [0.2, 0.25) is 0 Å². The van der Waals surface area contributed by atoms with Crippen molar-refractivity contribution in [2.24, 2.45) is 4.99 Å². The molecule has 0 saturated carbocycles. The molecule has 2 rings (SSSR count). The van der Waals surface area contributed by atoms with Gasteiger partial charge in [0.25, 0.3) is 0 Å². The minimum absolute atomic E-state index is 0. The summed E-state index contributed by atoms with van der Waals surface area (Å²) in [6.45, 7) is -0.00163. The first kappa shape index (κ1) is 25.7. The molecule has 0 fully saturated rings. The summed E-state index contributed by atoms with van der Waals surface area (Å²) in [6, 6.07) is 10.7. The Labute approximate surface area is 193 Å². The van der Waals surface area contributed by atoms with Crippen molar-refractivity contribution in [2.45, 2.75) is 26.5 Å². The van der Waals surface area contributed by atoms with Crippen molar-refractivity contribution in [3.8, 4) is 17.2 Å². The van der Waals surface area contributed by atoms with Crippen LogP contribution in [0.25, 0.3) is 0 Å². The lowest BCUT2D eigenvalue weighted by molar-refractivity contribution is -0.0504. The number of nitrogens with one attached hydrogen (secondary N) is 2. The molecule has 0 radical (unpaired) electrons. The van der Waals surface area contributed by atoms with Gasteiger partial charge in [-0.25, -0.2) is 0 Å². The van der Waals surface area contributed by atoms with E-state index in [1.165, 1.54) is 13.2 Å². The van der Waals surface area contributed by atoms with Crippen LogP contribution in [0.5, 0.6) is 17.2 Å². The highest BCUT2D eigenvalue weighted by Crippen LogP contribution is 2.25. The third-order valence-corrected chi connectivity index (χ3v) is 4.28. The molecule has 6 nitrogen and oxygen atoms in total. The van der Waals surface area contributed by atoms with E-state index < -0.39 is 6.61 Å².